The fourth-order valence-corrected chi connectivity index (χ4v) is 2.93. The van der Waals surface area contributed by atoms with Crippen molar-refractivity contribution >= 4 is 35.1 Å². The molecule has 0 saturated heterocycles. The quantitative estimate of drug-likeness (QED) is 0.786. The summed E-state index contributed by atoms with van der Waals surface area (Å²) >= 11 is 11.9. The van der Waals surface area contributed by atoms with Crippen LogP contribution in [0.4, 0.5) is 0 Å². The molecular formula is C16H10Cl2O2. The molecule has 2 nitrogen and oxygen atoms in total. The van der Waals surface area contributed by atoms with Gasteiger partial charge in [-0.05, 0) is 53.6 Å². The van der Waals surface area contributed by atoms with Crippen LogP contribution in [0.1, 0.15) is 21.5 Å². The molecule has 0 aromatic heterocycles. The minimum absolute atomic E-state index is 0.0175. The molecule has 4 heteroatoms. The van der Waals surface area contributed by atoms with E-state index in [1.165, 1.54) is 6.07 Å². The number of halogens is 2. The average molecular weight is 305 g/mol. The molecule has 0 aliphatic heterocycles. The van der Waals surface area contributed by atoms with Gasteiger partial charge >= 0.3 is 0 Å². The van der Waals surface area contributed by atoms with Crippen LogP contribution in [-0.4, -0.2) is 10.9 Å². The van der Waals surface area contributed by atoms with Crippen LogP contribution in [0, 0.1) is 0 Å². The van der Waals surface area contributed by atoms with Crippen molar-refractivity contribution in [3.8, 4) is 5.75 Å². The van der Waals surface area contributed by atoms with Gasteiger partial charge in [0.2, 0.25) is 0 Å². The first-order valence-corrected chi connectivity index (χ1v) is 6.82. The molecule has 2 aromatic rings. The summed E-state index contributed by atoms with van der Waals surface area (Å²) in [6.45, 7) is 0. The largest absolute Gasteiger partial charge is 0.508 e. The van der Waals surface area contributed by atoms with Gasteiger partial charge in [-0.15, -0.1) is 0 Å². The van der Waals surface area contributed by atoms with Gasteiger partial charge < -0.3 is 5.11 Å². The van der Waals surface area contributed by atoms with Crippen LogP contribution in [0.5, 0.6) is 5.75 Å². The van der Waals surface area contributed by atoms with Crippen molar-refractivity contribution in [3.63, 3.8) is 0 Å². The minimum atomic E-state index is -0.0175. The predicted octanol–water partition coefficient (Wildman–Crippen LogP) is 4.52. The molecule has 1 N–H and O–H groups in total. The van der Waals surface area contributed by atoms with E-state index in [4.69, 9.17) is 23.2 Å². The van der Waals surface area contributed by atoms with Crippen molar-refractivity contribution in [1.29, 1.82) is 0 Å². The second kappa shape index (κ2) is 4.97. The van der Waals surface area contributed by atoms with Crippen molar-refractivity contribution in [2.75, 3.05) is 0 Å². The van der Waals surface area contributed by atoms with Crippen LogP contribution in [0.2, 0.25) is 10.0 Å². The van der Waals surface area contributed by atoms with Gasteiger partial charge in [0, 0.05) is 27.6 Å². The molecule has 0 saturated carbocycles. The zero-order valence-corrected chi connectivity index (χ0v) is 11.9. The van der Waals surface area contributed by atoms with Gasteiger partial charge in [0.05, 0.1) is 0 Å². The molecule has 0 unspecified atom stereocenters. The summed E-state index contributed by atoms with van der Waals surface area (Å²) in [5, 5.41) is 10.5. The van der Waals surface area contributed by atoms with Crippen LogP contribution in [0.15, 0.2) is 42.0 Å². The number of benzene rings is 2. The molecule has 0 heterocycles. The molecule has 3 rings (SSSR count). The Morgan fingerprint density at radius 1 is 1.05 bits per heavy atom. The number of Topliss-reactive ketones (excluding diaryl/α,β-unsaturated/α-hetero) is 1. The van der Waals surface area contributed by atoms with Gasteiger partial charge in [0.25, 0.3) is 0 Å². The molecule has 1 aliphatic rings. The van der Waals surface area contributed by atoms with Crippen LogP contribution in [0.3, 0.4) is 0 Å². The Morgan fingerprint density at radius 3 is 2.45 bits per heavy atom. The zero-order valence-electron chi connectivity index (χ0n) is 10.4. The van der Waals surface area contributed by atoms with Crippen LogP contribution in [-0.2, 0) is 6.42 Å². The van der Waals surface area contributed by atoms with Crippen molar-refractivity contribution in [3.05, 3.63) is 68.7 Å². The van der Waals surface area contributed by atoms with E-state index in [-0.39, 0.29) is 11.5 Å². The van der Waals surface area contributed by atoms with Gasteiger partial charge in [-0.2, -0.15) is 0 Å². The fraction of sp³-hybridized carbons (Fsp3) is 0.0625. The number of ketones is 1. The molecule has 0 radical (unpaired) electrons. The van der Waals surface area contributed by atoms with E-state index in [9.17, 15) is 9.90 Å². The Bertz CT molecular complexity index is 728. The summed E-state index contributed by atoms with van der Waals surface area (Å²) in [5.74, 6) is 0.152. The highest BCUT2D eigenvalue weighted by atomic mass is 35.5. The molecule has 0 spiro atoms. The standard InChI is InChI=1S/C16H10Cl2O2/c17-12-4-9(5-13(18)8-12)3-11-6-10-7-14(19)1-2-15(10)16(11)20/h1-5,7-8,19H,6H2/b11-3+. The molecule has 2 aromatic carbocycles. The second-order valence-electron chi connectivity index (χ2n) is 4.72. The Hall–Kier alpha value is -1.77. The van der Waals surface area contributed by atoms with Crippen molar-refractivity contribution in [1.82, 2.24) is 0 Å². The van der Waals surface area contributed by atoms with Crippen LogP contribution in [0.25, 0.3) is 6.08 Å². The number of phenols is 1. The molecule has 20 heavy (non-hydrogen) atoms. The van der Waals surface area contributed by atoms with Crippen LogP contribution < -0.4 is 0 Å². The number of hydrogen-bond donors (Lipinski definition) is 1. The van der Waals surface area contributed by atoms with E-state index in [2.05, 4.69) is 0 Å². The molecule has 1 aliphatic carbocycles. The monoisotopic (exact) mass is 304 g/mol. The van der Waals surface area contributed by atoms with Gasteiger partial charge in [-0.3, -0.25) is 4.79 Å². The fourth-order valence-electron chi connectivity index (χ4n) is 2.38. The van der Waals surface area contributed by atoms with E-state index in [1.807, 2.05) is 0 Å². The Morgan fingerprint density at radius 2 is 1.75 bits per heavy atom. The normalized spacial score (nSPS) is 15.7. The Labute approximate surface area is 126 Å². The lowest BCUT2D eigenvalue weighted by molar-refractivity contribution is 0.104. The van der Waals surface area contributed by atoms with Gasteiger partial charge in [-0.25, -0.2) is 0 Å². The molecule has 0 amide bonds. The van der Waals surface area contributed by atoms with Gasteiger partial charge in [0.15, 0.2) is 5.78 Å². The SMILES string of the molecule is O=C1/C(=C/c2cc(Cl)cc(Cl)c2)Cc2cc(O)ccc21. The summed E-state index contributed by atoms with van der Waals surface area (Å²) < 4.78 is 0. The second-order valence-corrected chi connectivity index (χ2v) is 5.59. The number of fused-ring (bicyclic) bond motifs is 1. The van der Waals surface area contributed by atoms with E-state index in [0.29, 0.717) is 27.6 Å². The number of phenolic OH excluding ortho intramolecular Hbond substituents is 1. The smallest absolute Gasteiger partial charge is 0.189 e. The van der Waals surface area contributed by atoms with E-state index in [0.717, 1.165) is 11.1 Å². The van der Waals surface area contributed by atoms with Crippen molar-refractivity contribution < 1.29 is 9.90 Å². The molecule has 0 fully saturated rings. The maximum absolute atomic E-state index is 12.3. The highest BCUT2D eigenvalue weighted by Gasteiger charge is 2.24. The summed E-state index contributed by atoms with van der Waals surface area (Å²) in [6.07, 6.45) is 2.30. The van der Waals surface area contributed by atoms with Gasteiger partial charge in [0.1, 0.15) is 5.75 Å². The lowest BCUT2D eigenvalue weighted by Gasteiger charge is -1.99. The maximum atomic E-state index is 12.3. The third-order valence-corrected chi connectivity index (χ3v) is 3.67. The topological polar surface area (TPSA) is 37.3 Å². The highest BCUT2D eigenvalue weighted by Crippen LogP contribution is 2.31. The molecule has 100 valence electrons. The van der Waals surface area contributed by atoms with Gasteiger partial charge in [-0.1, -0.05) is 23.2 Å². The minimum Gasteiger partial charge on any atom is -0.508 e. The number of carbonyl (C=O) groups is 1. The zero-order chi connectivity index (χ0) is 14.3. The lowest BCUT2D eigenvalue weighted by Crippen LogP contribution is -1.95. The van der Waals surface area contributed by atoms with Crippen molar-refractivity contribution in [2.24, 2.45) is 0 Å². The third-order valence-electron chi connectivity index (χ3n) is 3.23. The molecule has 0 bridgehead atoms. The number of allylic oxidation sites excluding steroid dienone is 1. The van der Waals surface area contributed by atoms with Crippen LogP contribution >= 0.6 is 23.2 Å². The summed E-state index contributed by atoms with van der Waals surface area (Å²) in [6, 6.07) is 9.96. The third kappa shape index (κ3) is 2.45. The average Bonchev–Trinajstić information content (AvgIpc) is 2.64. The number of hydrogen-bond acceptors (Lipinski definition) is 2. The summed E-state index contributed by atoms with van der Waals surface area (Å²) in [7, 11) is 0. The first kappa shape index (κ1) is 13.2. The number of aromatic hydroxyl groups is 1. The first-order chi connectivity index (χ1) is 9.52. The summed E-state index contributed by atoms with van der Waals surface area (Å²) in [4.78, 5) is 12.3. The first-order valence-electron chi connectivity index (χ1n) is 6.06. The van der Waals surface area contributed by atoms with E-state index >= 15 is 0 Å². The Kier molecular flexibility index (Phi) is 3.28. The Balaban J connectivity index is 2.01. The summed E-state index contributed by atoms with van der Waals surface area (Å²) in [5.41, 5.74) is 2.95. The highest BCUT2D eigenvalue weighted by molar-refractivity contribution is 6.34. The predicted molar refractivity (Wildman–Crippen MR) is 80.6 cm³/mol. The number of carbonyl (C=O) groups excluding carboxylic acids is 1. The van der Waals surface area contributed by atoms with E-state index in [1.54, 1.807) is 36.4 Å². The molecular weight excluding hydrogens is 295 g/mol. The number of rotatable bonds is 1. The van der Waals surface area contributed by atoms with E-state index < -0.39 is 0 Å². The maximum Gasteiger partial charge on any atom is 0.189 e. The molecule has 0 atom stereocenters. The lowest BCUT2D eigenvalue weighted by atomic mass is 10.1. The van der Waals surface area contributed by atoms with Crippen molar-refractivity contribution in [2.45, 2.75) is 6.42 Å².